The summed E-state index contributed by atoms with van der Waals surface area (Å²) < 4.78 is 1.37. The van der Waals surface area contributed by atoms with Crippen LogP contribution in [0, 0.1) is 10.5 Å². The van der Waals surface area contributed by atoms with Crippen molar-refractivity contribution in [1.82, 2.24) is 0 Å². The Morgan fingerprint density at radius 3 is 3.00 bits per heavy atom. The van der Waals surface area contributed by atoms with Crippen LogP contribution in [0.15, 0.2) is 12.1 Å². The van der Waals surface area contributed by atoms with Gasteiger partial charge in [0, 0.05) is 9.61 Å². The van der Waals surface area contributed by atoms with Crippen LogP contribution < -0.4 is 5.73 Å². The van der Waals surface area contributed by atoms with E-state index in [0.717, 1.165) is 12.8 Å². The third kappa shape index (κ3) is 1.17. The van der Waals surface area contributed by atoms with Crippen LogP contribution in [0.25, 0.3) is 0 Å². The Hall–Kier alpha value is -0.0900. The van der Waals surface area contributed by atoms with Crippen LogP contribution in [0.4, 0.5) is 0 Å². The van der Waals surface area contributed by atoms with Crippen LogP contribution in [0.3, 0.4) is 0 Å². The molecular formula is C10H12IN. The fourth-order valence-electron chi connectivity index (χ4n) is 1.82. The standard InChI is InChI=1S/C10H12IN/c1-6-2-3-7-4-5-8(12)9(7)10(6)11/h2-3,8H,4-5,12H2,1H3/t8-/m1/s1. The van der Waals surface area contributed by atoms with Gasteiger partial charge in [-0.15, -0.1) is 0 Å². The van der Waals surface area contributed by atoms with Crippen LogP contribution in [0.2, 0.25) is 0 Å². The van der Waals surface area contributed by atoms with Crippen molar-refractivity contribution >= 4 is 22.6 Å². The molecule has 1 aromatic rings. The Morgan fingerprint density at radius 1 is 1.50 bits per heavy atom. The Kier molecular flexibility index (Phi) is 2.12. The topological polar surface area (TPSA) is 26.0 Å². The van der Waals surface area contributed by atoms with Gasteiger partial charge in [-0.2, -0.15) is 0 Å². The minimum atomic E-state index is 0.284. The van der Waals surface area contributed by atoms with Gasteiger partial charge < -0.3 is 5.73 Å². The Bertz CT molecular complexity index is 320. The number of benzene rings is 1. The van der Waals surface area contributed by atoms with Gasteiger partial charge in [0.1, 0.15) is 0 Å². The molecule has 12 heavy (non-hydrogen) atoms. The van der Waals surface area contributed by atoms with Gasteiger partial charge in [0.25, 0.3) is 0 Å². The first-order valence-electron chi connectivity index (χ1n) is 4.23. The summed E-state index contributed by atoms with van der Waals surface area (Å²) in [6.45, 7) is 2.15. The molecule has 64 valence electrons. The predicted molar refractivity (Wildman–Crippen MR) is 59.1 cm³/mol. The molecule has 0 amide bonds. The summed E-state index contributed by atoms with van der Waals surface area (Å²) in [6, 6.07) is 4.70. The van der Waals surface area contributed by atoms with E-state index in [4.69, 9.17) is 5.73 Å². The Morgan fingerprint density at radius 2 is 2.25 bits per heavy atom. The molecule has 1 aliphatic rings. The largest absolute Gasteiger partial charge is 0.324 e. The molecule has 0 unspecified atom stereocenters. The molecule has 0 aromatic heterocycles. The van der Waals surface area contributed by atoms with E-state index in [2.05, 4.69) is 41.6 Å². The van der Waals surface area contributed by atoms with Gasteiger partial charge >= 0.3 is 0 Å². The number of rotatable bonds is 0. The number of halogens is 1. The van der Waals surface area contributed by atoms with Gasteiger partial charge in [-0.25, -0.2) is 0 Å². The van der Waals surface area contributed by atoms with Crippen LogP contribution >= 0.6 is 22.6 Å². The highest BCUT2D eigenvalue weighted by Crippen LogP contribution is 2.34. The third-order valence-electron chi connectivity index (χ3n) is 2.56. The molecule has 2 rings (SSSR count). The lowest BCUT2D eigenvalue weighted by Gasteiger charge is -2.09. The quantitative estimate of drug-likeness (QED) is 0.722. The van der Waals surface area contributed by atoms with E-state index in [1.807, 2.05) is 0 Å². The first kappa shape index (κ1) is 8.51. The molecular weight excluding hydrogens is 261 g/mol. The maximum atomic E-state index is 6.01. The van der Waals surface area contributed by atoms with E-state index in [9.17, 15) is 0 Å². The molecule has 1 aliphatic carbocycles. The summed E-state index contributed by atoms with van der Waals surface area (Å²) in [7, 11) is 0. The number of fused-ring (bicyclic) bond motifs is 1. The lowest BCUT2D eigenvalue weighted by molar-refractivity contribution is 0.710. The normalized spacial score (nSPS) is 21.1. The Labute approximate surface area is 86.5 Å². The highest BCUT2D eigenvalue weighted by molar-refractivity contribution is 14.1. The molecule has 0 saturated carbocycles. The fourth-order valence-corrected chi connectivity index (χ4v) is 2.74. The molecule has 0 aliphatic heterocycles. The van der Waals surface area contributed by atoms with Gasteiger partial charge in [0.2, 0.25) is 0 Å². The summed E-state index contributed by atoms with van der Waals surface area (Å²) in [5.74, 6) is 0. The third-order valence-corrected chi connectivity index (χ3v) is 3.99. The number of aryl methyl sites for hydroxylation is 2. The van der Waals surface area contributed by atoms with E-state index in [1.54, 1.807) is 0 Å². The Balaban J connectivity index is 2.63. The summed E-state index contributed by atoms with van der Waals surface area (Å²) >= 11 is 2.41. The van der Waals surface area contributed by atoms with Crippen molar-refractivity contribution in [3.05, 3.63) is 32.4 Å². The van der Waals surface area contributed by atoms with E-state index in [-0.39, 0.29) is 6.04 Å². The molecule has 1 atom stereocenters. The van der Waals surface area contributed by atoms with E-state index >= 15 is 0 Å². The summed E-state index contributed by atoms with van der Waals surface area (Å²) in [5.41, 5.74) is 10.2. The van der Waals surface area contributed by atoms with Gasteiger partial charge in [-0.3, -0.25) is 0 Å². The van der Waals surface area contributed by atoms with E-state index in [0.29, 0.717) is 0 Å². The SMILES string of the molecule is Cc1ccc2c(c1I)[C@H](N)CC2. The predicted octanol–water partition coefficient (Wildman–Crippen LogP) is 2.55. The van der Waals surface area contributed by atoms with Gasteiger partial charge in [-0.05, 0) is 59.0 Å². The number of hydrogen-bond donors (Lipinski definition) is 1. The molecule has 0 bridgehead atoms. The van der Waals surface area contributed by atoms with Crippen molar-refractivity contribution in [3.63, 3.8) is 0 Å². The monoisotopic (exact) mass is 273 g/mol. The van der Waals surface area contributed by atoms with Crippen LogP contribution in [0.1, 0.15) is 29.2 Å². The van der Waals surface area contributed by atoms with Crippen molar-refractivity contribution < 1.29 is 0 Å². The second kappa shape index (κ2) is 3.00. The molecule has 0 spiro atoms. The van der Waals surface area contributed by atoms with Crippen molar-refractivity contribution in [2.45, 2.75) is 25.8 Å². The maximum Gasteiger partial charge on any atom is 0.0311 e. The minimum absolute atomic E-state index is 0.284. The van der Waals surface area contributed by atoms with Crippen LogP contribution in [-0.2, 0) is 6.42 Å². The summed E-state index contributed by atoms with van der Waals surface area (Å²) in [4.78, 5) is 0. The zero-order valence-corrected chi connectivity index (χ0v) is 9.26. The molecule has 2 heteroatoms. The fraction of sp³-hybridized carbons (Fsp3) is 0.400. The average Bonchev–Trinajstić information content (AvgIpc) is 2.41. The summed E-state index contributed by atoms with van der Waals surface area (Å²) in [5, 5.41) is 0. The average molecular weight is 273 g/mol. The second-order valence-electron chi connectivity index (χ2n) is 3.41. The van der Waals surface area contributed by atoms with Gasteiger partial charge in [0.05, 0.1) is 0 Å². The number of hydrogen-bond acceptors (Lipinski definition) is 1. The van der Waals surface area contributed by atoms with Crippen molar-refractivity contribution in [3.8, 4) is 0 Å². The highest BCUT2D eigenvalue weighted by atomic mass is 127. The molecule has 0 heterocycles. The van der Waals surface area contributed by atoms with Crippen molar-refractivity contribution in [2.75, 3.05) is 0 Å². The molecule has 1 aromatic carbocycles. The first-order valence-corrected chi connectivity index (χ1v) is 5.31. The van der Waals surface area contributed by atoms with Gasteiger partial charge in [0.15, 0.2) is 0 Å². The van der Waals surface area contributed by atoms with Gasteiger partial charge in [-0.1, -0.05) is 12.1 Å². The zero-order chi connectivity index (χ0) is 8.72. The van der Waals surface area contributed by atoms with Crippen LogP contribution in [-0.4, -0.2) is 0 Å². The highest BCUT2D eigenvalue weighted by Gasteiger charge is 2.21. The maximum absolute atomic E-state index is 6.01. The minimum Gasteiger partial charge on any atom is -0.324 e. The van der Waals surface area contributed by atoms with E-state index < -0.39 is 0 Å². The lowest BCUT2D eigenvalue weighted by atomic mass is 10.1. The molecule has 2 N–H and O–H groups in total. The molecule has 0 radical (unpaired) electrons. The van der Waals surface area contributed by atoms with Crippen molar-refractivity contribution in [2.24, 2.45) is 5.73 Å². The zero-order valence-electron chi connectivity index (χ0n) is 7.10. The second-order valence-corrected chi connectivity index (χ2v) is 4.49. The van der Waals surface area contributed by atoms with E-state index in [1.165, 1.54) is 20.3 Å². The first-order chi connectivity index (χ1) is 5.70. The van der Waals surface area contributed by atoms with Crippen molar-refractivity contribution in [1.29, 1.82) is 0 Å². The molecule has 0 fully saturated rings. The lowest BCUT2D eigenvalue weighted by Crippen LogP contribution is -2.07. The number of nitrogens with two attached hydrogens (primary N) is 1. The smallest absolute Gasteiger partial charge is 0.0311 e. The summed E-state index contributed by atoms with van der Waals surface area (Å²) in [6.07, 6.45) is 2.28. The molecule has 0 saturated heterocycles. The molecule has 1 nitrogen and oxygen atoms in total. The van der Waals surface area contributed by atoms with Crippen LogP contribution in [0.5, 0.6) is 0 Å².